The number of rotatable bonds is 8. The Morgan fingerprint density at radius 2 is 1.73 bits per heavy atom. The third kappa shape index (κ3) is 4.29. The lowest BCUT2D eigenvalue weighted by molar-refractivity contribution is -0.122. The van der Waals surface area contributed by atoms with Gasteiger partial charge in [-0.3, -0.25) is 14.2 Å². The van der Waals surface area contributed by atoms with E-state index in [0.29, 0.717) is 5.56 Å². The number of likely N-dealkylation sites (N-methyl/N-ethyl adjacent to an activating group) is 1. The van der Waals surface area contributed by atoms with Gasteiger partial charge in [0.15, 0.2) is 11.9 Å². The van der Waals surface area contributed by atoms with Gasteiger partial charge in [-0.05, 0) is 37.6 Å². The lowest BCUT2D eigenvalue weighted by atomic mass is 9.89. The molecule has 0 bridgehead atoms. The summed E-state index contributed by atoms with van der Waals surface area (Å²) in [5.74, 6) is -2.57. The summed E-state index contributed by atoms with van der Waals surface area (Å²) >= 11 is 0. The van der Waals surface area contributed by atoms with Crippen molar-refractivity contribution in [1.29, 1.82) is 0 Å². The maximum atomic E-state index is 13.7. The molecule has 162 valence electrons. The first-order valence-electron chi connectivity index (χ1n) is 9.72. The Kier molecular flexibility index (Phi) is 6.95. The number of hydrogen-bond acceptors (Lipinski definition) is 8. The summed E-state index contributed by atoms with van der Waals surface area (Å²) in [5, 5.41) is 21.3. The van der Waals surface area contributed by atoms with Crippen molar-refractivity contribution in [2.24, 2.45) is 0 Å². The molecule has 1 aliphatic heterocycles. The molecule has 0 unspecified atom stereocenters. The number of benzene rings is 2. The average molecular weight is 435 g/mol. The molecular weight excluding hydrogens is 409 g/mol. The molecule has 0 aliphatic carbocycles. The summed E-state index contributed by atoms with van der Waals surface area (Å²) in [6.45, 7) is 3.75. The van der Waals surface area contributed by atoms with Crippen molar-refractivity contribution in [3.05, 3.63) is 59.7 Å². The van der Waals surface area contributed by atoms with Crippen LogP contribution in [0.5, 0.6) is 11.5 Å². The molecule has 3 rings (SSSR count). The predicted octanol–water partition coefficient (Wildman–Crippen LogP) is 3.90. The first kappa shape index (κ1) is 22.5. The molecule has 1 aliphatic rings. The summed E-state index contributed by atoms with van der Waals surface area (Å²) in [7, 11) is -2.13. The first-order chi connectivity index (χ1) is 14.3. The minimum absolute atomic E-state index is 0.0855. The van der Waals surface area contributed by atoms with E-state index in [1.54, 1.807) is 20.9 Å². The van der Waals surface area contributed by atoms with Crippen LogP contribution in [0.2, 0.25) is 0 Å². The standard InChI is InChI=1S/C21H26NO7P/c1-4-27-30(26,28-5-2)21-18(14-9-7-6-8-10-14)20(29-22(21)3)19(25)16-13-15(23)11-12-17(16)24/h6-13,18,20-21,23-24H,4-5H2,1-3H3/t18-,20+,21+/m0/s1. The van der Waals surface area contributed by atoms with E-state index in [9.17, 15) is 19.6 Å². The lowest BCUT2D eigenvalue weighted by Gasteiger charge is -2.30. The van der Waals surface area contributed by atoms with Crippen molar-refractivity contribution in [1.82, 2.24) is 5.06 Å². The highest BCUT2D eigenvalue weighted by Crippen LogP contribution is 2.61. The van der Waals surface area contributed by atoms with Crippen molar-refractivity contribution in [3.63, 3.8) is 0 Å². The van der Waals surface area contributed by atoms with E-state index >= 15 is 0 Å². The van der Waals surface area contributed by atoms with Crippen LogP contribution in [0.4, 0.5) is 0 Å². The summed E-state index contributed by atoms with van der Waals surface area (Å²) < 4.78 is 24.8. The molecule has 1 fully saturated rings. The summed E-state index contributed by atoms with van der Waals surface area (Å²) in [4.78, 5) is 19.2. The Morgan fingerprint density at radius 3 is 2.33 bits per heavy atom. The van der Waals surface area contributed by atoms with Crippen LogP contribution in [0.1, 0.15) is 35.7 Å². The molecule has 2 aromatic rings. The molecule has 9 heteroatoms. The molecule has 8 nitrogen and oxygen atoms in total. The van der Waals surface area contributed by atoms with Crippen LogP contribution in [0.3, 0.4) is 0 Å². The molecule has 2 aromatic carbocycles. The normalized spacial score (nSPS) is 22.3. The number of Topliss-reactive ketones (excluding diaryl/α,β-unsaturated/α-hetero) is 1. The van der Waals surface area contributed by atoms with Gasteiger partial charge in [-0.15, -0.1) is 0 Å². The second-order valence-electron chi connectivity index (χ2n) is 6.86. The summed E-state index contributed by atoms with van der Waals surface area (Å²) in [6, 6.07) is 12.8. The number of phenols is 2. The predicted molar refractivity (Wildman–Crippen MR) is 111 cm³/mol. The van der Waals surface area contributed by atoms with Gasteiger partial charge in [0.1, 0.15) is 17.3 Å². The molecule has 0 saturated carbocycles. The number of nitrogens with zero attached hydrogens (tertiary/aromatic N) is 1. The van der Waals surface area contributed by atoms with Crippen LogP contribution in [-0.4, -0.2) is 53.2 Å². The van der Waals surface area contributed by atoms with Crippen molar-refractivity contribution < 1.29 is 33.5 Å². The number of phenolic OH excluding ortho intramolecular Hbond substituents is 2. The van der Waals surface area contributed by atoms with Gasteiger partial charge in [-0.1, -0.05) is 30.3 Å². The first-order valence-corrected chi connectivity index (χ1v) is 11.3. The molecule has 0 spiro atoms. The molecule has 0 radical (unpaired) electrons. The minimum atomic E-state index is -3.70. The fraction of sp³-hybridized carbons (Fsp3) is 0.381. The van der Waals surface area contributed by atoms with Crippen LogP contribution in [-0.2, 0) is 18.5 Å². The van der Waals surface area contributed by atoms with Gasteiger partial charge in [-0.25, -0.2) is 0 Å². The molecule has 2 N–H and O–H groups in total. The zero-order valence-corrected chi connectivity index (χ0v) is 18.0. The highest BCUT2D eigenvalue weighted by molar-refractivity contribution is 7.54. The van der Waals surface area contributed by atoms with Crippen LogP contribution in [0, 0.1) is 0 Å². The van der Waals surface area contributed by atoms with E-state index in [0.717, 1.165) is 0 Å². The van der Waals surface area contributed by atoms with E-state index in [1.807, 2.05) is 30.3 Å². The quantitative estimate of drug-likeness (QED) is 0.365. The van der Waals surface area contributed by atoms with Crippen LogP contribution < -0.4 is 0 Å². The van der Waals surface area contributed by atoms with Crippen molar-refractivity contribution in [3.8, 4) is 11.5 Å². The van der Waals surface area contributed by atoms with Gasteiger partial charge in [0.2, 0.25) is 0 Å². The monoisotopic (exact) mass is 435 g/mol. The minimum Gasteiger partial charge on any atom is -0.508 e. The molecule has 1 heterocycles. The Balaban J connectivity index is 2.10. The average Bonchev–Trinajstić information content (AvgIpc) is 3.08. The van der Waals surface area contributed by atoms with Gasteiger partial charge in [0.25, 0.3) is 0 Å². The third-order valence-electron chi connectivity index (χ3n) is 4.93. The van der Waals surface area contributed by atoms with Crippen LogP contribution in [0.25, 0.3) is 0 Å². The summed E-state index contributed by atoms with van der Waals surface area (Å²) in [6.07, 6.45) is -1.11. The zero-order valence-electron chi connectivity index (χ0n) is 17.1. The topological polar surface area (TPSA) is 106 Å². The van der Waals surface area contributed by atoms with Gasteiger partial charge in [-0.2, -0.15) is 5.06 Å². The summed E-state index contributed by atoms with van der Waals surface area (Å²) in [5.41, 5.74) is 0.627. The van der Waals surface area contributed by atoms with Gasteiger partial charge < -0.3 is 19.3 Å². The lowest BCUT2D eigenvalue weighted by Crippen LogP contribution is -2.31. The fourth-order valence-electron chi connectivity index (χ4n) is 3.74. The van der Waals surface area contributed by atoms with E-state index in [-0.39, 0.29) is 30.3 Å². The number of hydrogen-bond donors (Lipinski definition) is 2. The Labute approximate surface area is 175 Å². The van der Waals surface area contributed by atoms with Crippen LogP contribution >= 0.6 is 7.60 Å². The molecule has 3 atom stereocenters. The second kappa shape index (κ2) is 9.29. The van der Waals surface area contributed by atoms with Gasteiger partial charge in [0.05, 0.1) is 18.8 Å². The maximum Gasteiger partial charge on any atom is 0.350 e. The third-order valence-corrected chi connectivity index (χ3v) is 7.46. The van der Waals surface area contributed by atoms with Crippen molar-refractivity contribution >= 4 is 13.4 Å². The molecule has 0 amide bonds. The Hall–Kier alpha value is -2.22. The Bertz CT molecular complexity index is 926. The van der Waals surface area contributed by atoms with Crippen molar-refractivity contribution in [2.75, 3.05) is 20.3 Å². The smallest absolute Gasteiger partial charge is 0.350 e. The second-order valence-corrected chi connectivity index (χ2v) is 8.99. The zero-order chi connectivity index (χ0) is 21.9. The molecule has 1 saturated heterocycles. The largest absolute Gasteiger partial charge is 0.508 e. The highest BCUT2D eigenvalue weighted by Gasteiger charge is 2.56. The number of hydroxylamine groups is 2. The van der Waals surface area contributed by atoms with E-state index in [2.05, 4.69) is 0 Å². The van der Waals surface area contributed by atoms with E-state index in [4.69, 9.17) is 13.9 Å². The molecule has 30 heavy (non-hydrogen) atoms. The number of carbonyl (C=O) groups excluding carboxylic acids is 1. The van der Waals surface area contributed by atoms with Gasteiger partial charge in [0, 0.05) is 13.0 Å². The van der Waals surface area contributed by atoms with E-state index < -0.39 is 31.2 Å². The Morgan fingerprint density at radius 1 is 1.10 bits per heavy atom. The van der Waals surface area contributed by atoms with Gasteiger partial charge >= 0.3 is 7.60 Å². The molecular formula is C21H26NO7P. The molecule has 0 aromatic heterocycles. The SMILES string of the molecule is CCOP(=O)(OCC)[C@@H]1[C@@H](c2ccccc2)[C@H](C(=O)c2cc(O)ccc2O)ON1C. The van der Waals surface area contributed by atoms with E-state index in [1.165, 1.54) is 23.3 Å². The maximum absolute atomic E-state index is 13.7. The number of carbonyl (C=O) groups is 1. The number of ketones is 1. The highest BCUT2D eigenvalue weighted by atomic mass is 31.2. The van der Waals surface area contributed by atoms with Crippen LogP contribution in [0.15, 0.2) is 48.5 Å². The number of aromatic hydroxyl groups is 2. The fourth-order valence-corrected chi connectivity index (χ4v) is 6.02. The van der Waals surface area contributed by atoms with Crippen molar-refractivity contribution in [2.45, 2.75) is 31.7 Å².